The predicted molar refractivity (Wildman–Crippen MR) is 116 cm³/mol. The smallest absolute Gasteiger partial charge is 0.245 e. The Morgan fingerprint density at radius 3 is 2.55 bits per heavy atom. The maximum atomic E-state index is 12.9. The average Bonchev–Trinajstić information content (AvgIpc) is 3.12. The first-order valence-electron chi connectivity index (χ1n) is 10.1. The van der Waals surface area contributed by atoms with Crippen LogP contribution in [0.3, 0.4) is 0 Å². The molecule has 2 fully saturated rings. The van der Waals surface area contributed by atoms with Gasteiger partial charge < -0.3 is 14.5 Å². The number of likely N-dealkylation sites (tertiary alicyclic amines) is 1. The number of carbonyl (C=O) groups excluding carboxylic acids is 2. The third kappa shape index (κ3) is 4.55. The van der Waals surface area contributed by atoms with Gasteiger partial charge in [0.1, 0.15) is 12.1 Å². The van der Waals surface area contributed by atoms with Crippen LogP contribution in [0.1, 0.15) is 13.3 Å². The standard InChI is InChI=1S/C21H24ClN3O5S/c1-14(20(26)24-8-10-30-11-9-24)25-7-6-19(21(25)27)23-31(28,29)18-5-3-15-12-17(22)4-2-16(15)13-18/h2-5,12-14,19,23H,6-11H2,1H3/t14-,19-/m1/s1. The number of hydrogen-bond donors (Lipinski definition) is 1. The fraction of sp³-hybridized carbons (Fsp3) is 0.429. The topological polar surface area (TPSA) is 96.0 Å². The summed E-state index contributed by atoms with van der Waals surface area (Å²) in [7, 11) is -3.91. The molecule has 0 aromatic heterocycles. The quantitative estimate of drug-likeness (QED) is 0.723. The van der Waals surface area contributed by atoms with E-state index in [9.17, 15) is 18.0 Å². The minimum atomic E-state index is -3.91. The molecule has 0 unspecified atom stereocenters. The Bertz CT molecular complexity index is 1120. The average molecular weight is 466 g/mol. The maximum Gasteiger partial charge on any atom is 0.245 e. The largest absolute Gasteiger partial charge is 0.378 e. The molecular formula is C21H24ClN3O5S. The Morgan fingerprint density at radius 2 is 1.81 bits per heavy atom. The van der Waals surface area contributed by atoms with Gasteiger partial charge >= 0.3 is 0 Å². The summed E-state index contributed by atoms with van der Waals surface area (Å²) < 4.78 is 33.6. The minimum Gasteiger partial charge on any atom is -0.378 e. The van der Waals surface area contributed by atoms with E-state index in [1.54, 1.807) is 42.2 Å². The van der Waals surface area contributed by atoms with Gasteiger partial charge in [-0.15, -0.1) is 0 Å². The van der Waals surface area contributed by atoms with Crippen molar-refractivity contribution in [3.8, 4) is 0 Å². The summed E-state index contributed by atoms with van der Waals surface area (Å²) in [5.74, 6) is -0.529. The van der Waals surface area contributed by atoms with E-state index in [0.29, 0.717) is 44.3 Å². The van der Waals surface area contributed by atoms with E-state index < -0.39 is 22.1 Å². The Kier molecular flexibility index (Phi) is 6.20. The van der Waals surface area contributed by atoms with Crippen LogP contribution >= 0.6 is 11.6 Å². The molecule has 4 rings (SSSR count). The number of ether oxygens (including phenoxy) is 1. The molecule has 2 aliphatic heterocycles. The van der Waals surface area contributed by atoms with E-state index in [4.69, 9.17) is 16.3 Å². The number of carbonyl (C=O) groups is 2. The summed E-state index contributed by atoms with van der Waals surface area (Å²) in [6, 6.07) is 8.37. The van der Waals surface area contributed by atoms with Crippen LogP contribution in [-0.2, 0) is 24.3 Å². The van der Waals surface area contributed by atoms with Crippen LogP contribution in [0.5, 0.6) is 0 Å². The lowest BCUT2D eigenvalue weighted by Crippen LogP contribution is -2.52. The molecule has 0 bridgehead atoms. The summed E-state index contributed by atoms with van der Waals surface area (Å²) in [5, 5.41) is 2.13. The van der Waals surface area contributed by atoms with Gasteiger partial charge in [0.05, 0.1) is 18.1 Å². The van der Waals surface area contributed by atoms with Crippen LogP contribution in [0, 0.1) is 0 Å². The zero-order chi connectivity index (χ0) is 22.2. The van der Waals surface area contributed by atoms with Gasteiger partial charge in [-0.1, -0.05) is 23.7 Å². The molecule has 2 aliphatic rings. The van der Waals surface area contributed by atoms with E-state index in [1.807, 2.05) is 0 Å². The first-order valence-corrected chi connectivity index (χ1v) is 12.0. The van der Waals surface area contributed by atoms with Crippen LogP contribution in [-0.4, -0.2) is 75.0 Å². The molecule has 31 heavy (non-hydrogen) atoms. The lowest BCUT2D eigenvalue weighted by molar-refractivity contribution is -0.146. The normalized spacial score (nSPS) is 21.0. The number of nitrogens with zero attached hydrogens (tertiary/aromatic N) is 2. The molecule has 2 aromatic rings. The van der Waals surface area contributed by atoms with E-state index in [2.05, 4.69) is 4.72 Å². The van der Waals surface area contributed by atoms with E-state index in [0.717, 1.165) is 10.8 Å². The zero-order valence-electron chi connectivity index (χ0n) is 17.1. The number of nitrogens with one attached hydrogen (secondary N) is 1. The fourth-order valence-corrected chi connectivity index (χ4v) is 5.43. The molecule has 2 atom stereocenters. The molecule has 0 saturated carbocycles. The van der Waals surface area contributed by atoms with Crippen LogP contribution in [0.2, 0.25) is 5.02 Å². The number of halogens is 1. The van der Waals surface area contributed by atoms with Crippen LogP contribution in [0.4, 0.5) is 0 Å². The maximum absolute atomic E-state index is 12.9. The number of morpholine rings is 1. The van der Waals surface area contributed by atoms with Crippen molar-refractivity contribution in [3.05, 3.63) is 41.4 Å². The first-order chi connectivity index (χ1) is 14.8. The van der Waals surface area contributed by atoms with Crippen molar-refractivity contribution in [1.29, 1.82) is 0 Å². The molecule has 8 nitrogen and oxygen atoms in total. The van der Waals surface area contributed by atoms with Gasteiger partial charge in [-0.2, -0.15) is 4.72 Å². The van der Waals surface area contributed by atoms with Gasteiger partial charge in [-0.3, -0.25) is 9.59 Å². The van der Waals surface area contributed by atoms with Crippen LogP contribution < -0.4 is 4.72 Å². The van der Waals surface area contributed by atoms with Crippen molar-refractivity contribution in [1.82, 2.24) is 14.5 Å². The zero-order valence-corrected chi connectivity index (χ0v) is 18.7. The molecule has 166 valence electrons. The summed E-state index contributed by atoms with van der Waals surface area (Å²) >= 11 is 5.98. The minimum absolute atomic E-state index is 0.0750. The third-order valence-corrected chi connectivity index (χ3v) is 7.47. The highest BCUT2D eigenvalue weighted by Crippen LogP contribution is 2.24. The van der Waals surface area contributed by atoms with Crippen molar-refractivity contribution in [2.45, 2.75) is 30.3 Å². The number of benzene rings is 2. The van der Waals surface area contributed by atoms with Crippen molar-refractivity contribution in [2.75, 3.05) is 32.8 Å². The molecule has 10 heteroatoms. The van der Waals surface area contributed by atoms with Crippen LogP contribution in [0.25, 0.3) is 10.8 Å². The Labute approximate surface area is 186 Å². The van der Waals surface area contributed by atoms with Crippen molar-refractivity contribution < 1.29 is 22.7 Å². The predicted octanol–water partition coefficient (Wildman–Crippen LogP) is 1.62. The molecule has 2 saturated heterocycles. The Morgan fingerprint density at radius 1 is 1.13 bits per heavy atom. The fourth-order valence-electron chi connectivity index (χ4n) is 3.99. The second-order valence-corrected chi connectivity index (χ2v) is 9.91. The lowest BCUT2D eigenvalue weighted by atomic mass is 10.1. The molecule has 1 N–H and O–H groups in total. The second-order valence-electron chi connectivity index (χ2n) is 7.76. The molecule has 0 radical (unpaired) electrons. The SMILES string of the molecule is C[C@H](C(=O)N1CCOCC1)N1CC[C@@H](NS(=O)(=O)c2ccc3cc(Cl)ccc3c2)C1=O. The number of sulfonamides is 1. The van der Waals surface area contributed by atoms with E-state index in [1.165, 1.54) is 11.0 Å². The molecule has 2 aromatic carbocycles. The highest BCUT2D eigenvalue weighted by atomic mass is 35.5. The van der Waals surface area contributed by atoms with Gasteiger partial charge in [-0.25, -0.2) is 8.42 Å². The first kappa shape index (κ1) is 22.0. The molecule has 0 spiro atoms. The summed E-state index contributed by atoms with van der Waals surface area (Å²) in [6.07, 6.45) is 0.308. The number of hydrogen-bond acceptors (Lipinski definition) is 5. The summed E-state index contributed by atoms with van der Waals surface area (Å²) in [5.41, 5.74) is 0. The van der Waals surface area contributed by atoms with Gasteiger partial charge in [0.15, 0.2) is 0 Å². The molecule has 2 heterocycles. The highest BCUT2D eigenvalue weighted by molar-refractivity contribution is 7.89. The third-order valence-electron chi connectivity index (χ3n) is 5.77. The van der Waals surface area contributed by atoms with E-state index in [-0.39, 0.29) is 16.7 Å². The molecule has 0 aliphatic carbocycles. The van der Waals surface area contributed by atoms with E-state index >= 15 is 0 Å². The summed E-state index contributed by atoms with van der Waals surface area (Å²) in [6.45, 7) is 3.95. The molecular weight excluding hydrogens is 442 g/mol. The second kappa shape index (κ2) is 8.74. The van der Waals surface area contributed by atoms with Gasteiger partial charge in [0.2, 0.25) is 21.8 Å². The number of fused-ring (bicyclic) bond motifs is 1. The number of amides is 2. The van der Waals surface area contributed by atoms with Crippen molar-refractivity contribution in [3.63, 3.8) is 0 Å². The van der Waals surface area contributed by atoms with Gasteiger partial charge in [-0.05, 0) is 48.4 Å². The Hall–Kier alpha value is -2.20. The Balaban J connectivity index is 1.46. The lowest BCUT2D eigenvalue weighted by Gasteiger charge is -2.32. The van der Waals surface area contributed by atoms with Crippen LogP contribution in [0.15, 0.2) is 41.3 Å². The van der Waals surface area contributed by atoms with Gasteiger partial charge in [0.25, 0.3) is 0 Å². The van der Waals surface area contributed by atoms with Crippen molar-refractivity contribution >= 4 is 44.2 Å². The van der Waals surface area contributed by atoms with Crippen molar-refractivity contribution in [2.24, 2.45) is 0 Å². The highest BCUT2D eigenvalue weighted by Gasteiger charge is 2.40. The summed E-state index contributed by atoms with van der Waals surface area (Å²) in [4.78, 5) is 28.8. The van der Waals surface area contributed by atoms with Gasteiger partial charge in [0, 0.05) is 24.7 Å². The number of rotatable bonds is 5. The molecule has 2 amide bonds. The monoisotopic (exact) mass is 465 g/mol.